The molecule has 0 spiro atoms. The Labute approximate surface area is 202 Å². The molecule has 0 saturated heterocycles. The van der Waals surface area contributed by atoms with Crippen LogP contribution in [0.5, 0.6) is 5.75 Å². The minimum absolute atomic E-state index is 0.00799. The van der Waals surface area contributed by atoms with Crippen LogP contribution < -0.4 is 19.5 Å². The molecule has 11 heteroatoms. The minimum Gasteiger partial charge on any atom is -0.467 e. The minimum atomic E-state index is -0.600. The molecule has 0 aliphatic carbocycles. The zero-order chi connectivity index (χ0) is 24.2. The van der Waals surface area contributed by atoms with E-state index in [9.17, 15) is 19.7 Å². The lowest BCUT2D eigenvalue weighted by atomic mass is 10.1. The number of carbonyl (C=O) groups is 1. The van der Waals surface area contributed by atoms with Crippen molar-refractivity contribution in [2.45, 2.75) is 20.1 Å². The Hall–Kier alpha value is -3.47. The lowest BCUT2D eigenvalue weighted by Gasteiger charge is -2.20. The van der Waals surface area contributed by atoms with Crippen molar-refractivity contribution < 1.29 is 23.9 Å². The number of nitrogens with zero attached hydrogens (tertiary/aromatic N) is 2. The Morgan fingerprint density at radius 1 is 1.35 bits per heavy atom. The number of aromatic nitrogens is 1. The van der Waals surface area contributed by atoms with E-state index in [-0.39, 0.29) is 37.8 Å². The number of nitro benzene ring substituents is 1. The number of halogens is 1. The molecule has 34 heavy (non-hydrogen) atoms. The molecule has 0 saturated carbocycles. The van der Waals surface area contributed by atoms with E-state index in [1.807, 2.05) is 0 Å². The zero-order valence-corrected chi connectivity index (χ0v) is 19.6. The van der Waals surface area contributed by atoms with Crippen LogP contribution >= 0.6 is 22.9 Å². The summed E-state index contributed by atoms with van der Waals surface area (Å²) >= 11 is 7.16. The van der Waals surface area contributed by atoms with Crippen molar-refractivity contribution in [3.63, 3.8) is 0 Å². The Kier molecular flexibility index (Phi) is 7.11. The smallest absolute Gasteiger partial charge is 0.333 e. The van der Waals surface area contributed by atoms with E-state index in [1.54, 1.807) is 37.3 Å². The van der Waals surface area contributed by atoms with E-state index in [4.69, 9.17) is 25.8 Å². The molecule has 0 N–H and O–H groups in total. The Morgan fingerprint density at radius 3 is 2.91 bits per heavy atom. The number of fused-ring (bicyclic) bond motifs is 1. The molecule has 4 rings (SSSR count). The molecule has 1 aliphatic heterocycles. The normalized spacial score (nSPS) is 13.9. The number of nitro groups is 1. The second-order valence-electron chi connectivity index (χ2n) is 7.25. The van der Waals surface area contributed by atoms with Crippen molar-refractivity contribution in [2.24, 2.45) is 0 Å². The van der Waals surface area contributed by atoms with Crippen molar-refractivity contribution >= 4 is 46.7 Å². The predicted octanol–water partition coefficient (Wildman–Crippen LogP) is 2.56. The number of hydrogen-bond acceptors (Lipinski definition) is 8. The van der Waals surface area contributed by atoms with Crippen LogP contribution in [0.2, 0.25) is 5.02 Å². The Balaban J connectivity index is 1.89. The number of ether oxygens (including phenoxy) is 3. The van der Waals surface area contributed by atoms with Gasteiger partial charge in [-0.15, -0.1) is 11.3 Å². The molecule has 0 atom stereocenters. The molecular weight excluding hydrogens is 484 g/mol. The summed E-state index contributed by atoms with van der Waals surface area (Å²) in [6.45, 7) is 1.96. The van der Waals surface area contributed by atoms with Gasteiger partial charge in [-0.2, -0.15) is 0 Å². The third-order valence-corrected chi connectivity index (χ3v) is 6.22. The molecule has 1 aliphatic rings. The number of thiazole rings is 1. The molecule has 2 heterocycles. The largest absolute Gasteiger partial charge is 0.467 e. The molecule has 9 nitrogen and oxygen atoms in total. The van der Waals surface area contributed by atoms with Crippen LogP contribution in [0.4, 0.5) is 5.69 Å². The molecule has 0 bridgehead atoms. The monoisotopic (exact) mass is 502 g/mol. The average molecular weight is 503 g/mol. The number of carbonyl (C=O) groups excluding carboxylic acids is 1. The van der Waals surface area contributed by atoms with Crippen LogP contribution in [0.1, 0.15) is 23.6 Å². The highest BCUT2D eigenvalue weighted by atomic mass is 35.5. The standard InChI is InChI=1S/C23H19ClN2O7S/c1-2-32-21(27)10-20-25(23(28)19(34-20)7-14-4-3-5-17(24)6-14)11-15-8-18(26(29)30)9-16-12-31-13-33-22(15)16/h3-10H,2,11-13H2,1H3/b19-7+,20-10-. The molecule has 0 radical (unpaired) electrons. The SMILES string of the molecule is CCOC(=O)/C=c1\s/c(=C/c2cccc(Cl)c2)c(=O)n1Cc1cc([N+](=O)[O-])cc2c1OCOC2. The van der Waals surface area contributed by atoms with Crippen molar-refractivity contribution in [1.82, 2.24) is 4.57 Å². The van der Waals surface area contributed by atoms with Crippen molar-refractivity contribution in [2.75, 3.05) is 13.4 Å². The third-order valence-electron chi connectivity index (χ3n) is 4.92. The van der Waals surface area contributed by atoms with Gasteiger partial charge < -0.3 is 14.2 Å². The van der Waals surface area contributed by atoms with Crippen LogP contribution in [-0.2, 0) is 27.4 Å². The van der Waals surface area contributed by atoms with Gasteiger partial charge in [0.25, 0.3) is 11.2 Å². The van der Waals surface area contributed by atoms with E-state index in [0.717, 1.165) is 11.3 Å². The van der Waals surface area contributed by atoms with E-state index in [0.29, 0.717) is 36.7 Å². The topological polar surface area (TPSA) is 110 Å². The number of non-ortho nitro benzene ring substituents is 1. The number of benzene rings is 2. The van der Waals surface area contributed by atoms with Crippen molar-refractivity contribution in [1.29, 1.82) is 0 Å². The molecule has 0 unspecified atom stereocenters. The fourth-order valence-electron chi connectivity index (χ4n) is 3.50. The average Bonchev–Trinajstić information content (AvgIpc) is 3.07. The van der Waals surface area contributed by atoms with Crippen molar-refractivity contribution in [3.05, 3.63) is 87.8 Å². The third kappa shape index (κ3) is 5.19. The fourth-order valence-corrected chi connectivity index (χ4v) is 4.73. The van der Waals surface area contributed by atoms with Crippen LogP contribution in [0, 0.1) is 10.1 Å². The summed E-state index contributed by atoms with van der Waals surface area (Å²) in [6.07, 6.45) is 2.91. The molecule has 3 aromatic rings. The first-order valence-electron chi connectivity index (χ1n) is 10.2. The summed E-state index contributed by atoms with van der Waals surface area (Å²) in [4.78, 5) is 36.5. The Morgan fingerprint density at radius 2 is 2.18 bits per heavy atom. The summed E-state index contributed by atoms with van der Waals surface area (Å²) in [5, 5.41) is 12.0. The van der Waals surface area contributed by atoms with Crippen LogP contribution in [0.15, 0.2) is 41.2 Å². The van der Waals surface area contributed by atoms with Gasteiger partial charge in [-0.25, -0.2) is 4.79 Å². The first-order chi connectivity index (χ1) is 16.4. The van der Waals surface area contributed by atoms with Gasteiger partial charge in [0.2, 0.25) is 0 Å². The van der Waals surface area contributed by atoms with Crippen molar-refractivity contribution in [3.8, 4) is 5.75 Å². The van der Waals surface area contributed by atoms with E-state index in [1.165, 1.54) is 22.8 Å². The summed E-state index contributed by atoms with van der Waals surface area (Å²) < 4.78 is 17.9. The maximum absolute atomic E-state index is 13.3. The molecule has 1 aromatic heterocycles. The van der Waals surface area contributed by atoms with E-state index < -0.39 is 10.9 Å². The summed E-state index contributed by atoms with van der Waals surface area (Å²) in [7, 11) is 0. The van der Waals surface area contributed by atoms with Gasteiger partial charge in [0.15, 0.2) is 6.79 Å². The van der Waals surface area contributed by atoms with Gasteiger partial charge in [-0.3, -0.25) is 19.5 Å². The van der Waals surface area contributed by atoms with E-state index >= 15 is 0 Å². The first-order valence-corrected chi connectivity index (χ1v) is 11.4. The highest BCUT2D eigenvalue weighted by Gasteiger charge is 2.22. The number of hydrogen-bond donors (Lipinski definition) is 0. The van der Waals surface area contributed by atoms with Gasteiger partial charge in [0.05, 0.1) is 35.3 Å². The second kappa shape index (κ2) is 10.2. The lowest BCUT2D eigenvalue weighted by Crippen LogP contribution is -2.32. The van der Waals surface area contributed by atoms with E-state index in [2.05, 4.69) is 0 Å². The van der Waals surface area contributed by atoms with Gasteiger partial charge >= 0.3 is 5.97 Å². The lowest BCUT2D eigenvalue weighted by molar-refractivity contribution is -0.385. The maximum Gasteiger partial charge on any atom is 0.333 e. The highest BCUT2D eigenvalue weighted by Crippen LogP contribution is 2.32. The van der Waals surface area contributed by atoms with Crippen LogP contribution in [0.3, 0.4) is 0 Å². The zero-order valence-electron chi connectivity index (χ0n) is 18.0. The number of rotatable bonds is 6. The fraction of sp³-hybridized carbons (Fsp3) is 0.217. The quantitative estimate of drug-likeness (QED) is 0.289. The summed E-state index contributed by atoms with van der Waals surface area (Å²) in [5.74, 6) is -0.171. The molecule has 0 fully saturated rings. The van der Waals surface area contributed by atoms with Crippen LogP contribution in [-0.4, -0.2) is 28.9 Å². The first kappa shape index (κ1) is 23.7. The van der Waals surface area contributed by atoms with Gasteiger partial charge in [0, 0.05) is 28.3 Å². The van der Waals surface area contributed by atoms with Crippen LogP contribution in [0.25, 0.3) is 12.2 Å². The molecule has 2 aromatic carbocycles. The molecule has 176 valence electrons. The van der Waals surface area contributed by atoms with Gasteiger partial charge in [-0.05, 0) is 30.7 Å². The second-order valence-corrected chi connectivity index (χ2v) is 8.75. The van der Waals surface area contributed by atoms with Gasteiger partial charge in [-0.1, -0.05) is 23.7 Å². The number of esters is 1. The molecule has 0 amide bonds. The predicted molar refractivity (Wildman–Crippen MR) is 126 cm³/mol. The summed E-state index contributed by atoms with van der Waals surface area (Å²) in [6, 6.07) is 9.75. The highest BCUT2D eigenvalue weighted by molar-refractivity contribution is 7.07. The maximum atomic E-state index is 13.3. The van der Waals surface area contributed by atoms with Gasteiger partial charge in [0.1, 0.15) is 10.4 Å². The molecular formula is C23H19ClN2O7S. The Bertz CT molecular complexity index is 1440. The summed E-state index contributed by atoms with van der Waals surface area (Å²) in [5.41, 5.74) is 1.15.